The molecule has 0 N–H and O–H groups in total. The number of amides is 1. The minimum Gasteiger partial charge on any atom is -0.306 e. The Morgan fingerprint density at radius 1 is 0.885 bits per heavy atom. The fraction of sp³-hybridized carbons (Fsp3) is 0.350. The number of carbonyl (C=O) groups excluding carboxylic acids is 1. The normalized spacial score (nSPS) is 25.2. The second-order valence-electron chi connectivity index (χ2n) is 7.02. The molecule has 2 aliphatic rings. The number of sulfone groups is 1. The third kappa shape index (κ3) is 3.39. The molecule has 0 radical (unpaired) electrons. The second kappa shape index (κ2) is 6.85. The van der Waals surface area contributed by atoms with Gasteiger partial charge in [0.05, 0.1) is 24.1 Å². The molecule has 2 atom stereocenters. The Bertz CT molecular complexity index is 884. The summed E-state index contributed by atoms with van der Waals surface area (Å²) in [6.07, 6.45) is 0.808. The summed E-state index contributed by atoms with van der Waals surface area (Å²) in [5, 5.41) is 0. The molecule has 2 heterocycles. The van der Waals surface area contributed by atoms with Crippen molar-refractivity contribution in [3.8, 4) is 0 Å². The predicted molar refractivity (Wildman–Crippen MR) is 102 cm³/mol. The summed E-state index contributed by atoms with van der Waals surface area (Å²) in [4.78, 5) is 16.6. The van der Waals surface area contributed by atoms with Crippen LogP contribution in [0.25, 0.3) is 0 Å². The van der Waals surface area contributed by atoms with Crippen molar-refractivity contribution in [1.29, 1.82) is 0 Å². The number of para-hydroxylation sites is 1. The molecule has 4 rings (SSSR count). The lowest BCUT2D eigenvalue weighted by Crippen LogP contribution is -2.62. The van der Waals surface area contributed by atoms with Gasteiger partial charge in [0, 0.05) is 18.3 Å². The number of hydrogen-bond acceptors (Lipinski definition) is 4. The van der Waals surface area contributed by atoms with Gasteiger partial charge in [-0.05, 0) is 24.1 Å². The van der Waals surface area contributed by atoms with Crippen LogP contribution < -0.4 is 4.90 Å². The molecule has 2 aromatic carbocycles. The molecule has 2 aliphatic heterocycles. The number of anilines is 1. The molecule has 0 saturated carbocycles. The maximum Gasteiger partial charge on any atom is 0.241 e. The van der Waals surface area contributed by atoms with Gasteiger partial charge in [0.25, 0.3) is 0 Å². The molecular formula is C20H22N2O3S. The van der Waals surface area contributed by atoms with Gasteiger partial charge >= 0.3 is 0 Å². The zero-order valence-corrected chi connectivity index (χ0v) is 15.3. The largest absolute Gasteiger partial charge is 0.306 e. The van der Waals surface area contributed by atoms with Crippen molar-refractivity contribution in [2.45, 2.75) is 18.5 Å². The Balaban J connectivity index is 1.59. The van der Waals surface area contributed by atoms with Gasteiger partial charge in [-0.1, -0.05) is 48.5 Å². The first-order valence-electron chi connectivity index (χ1n) is 8.89. The summed E-state index contributed by atoms with van der Waals surface area (Å²) in [5.41, 5.74) is 1.98. The molecule has 5 nitrogen and oxygen atoms in total. The highest BCUT2D eigenvalue weighted by Gasteiger charge is 2.49. The van der Waals surface area contributed by atoms with E-state index in [1.54, 1.807) is 4.90 Å². The molecule has 0 unspecified atom stereocenters. The number of nitrogens with zero attached hydrogens (tertiary/aromatic N) is 2. The van der Waals surface area contributed by atoms with Crippen LogP contribution in [0.3, 0.4) is 0 Å². The van der Waals surface area contributed by atoms with E-state index in [4.69, 9.17) is 0 Å². The number of piperazine rings is 1. The molecule has 0 bridgehead atoms. The Morgan fingerprint density at radius 2 is 1.50 bits per heavy atom. The van der Waals surface area contributed by atoms with E-state index in [-0.39, 0.29) is 36.0 Å². The van der Waals surface area contributed by atoms with E-state index in [2.05, 4.69) is 17.0 Å². The minimum atomic E-state index is -3.14. The Labute approximate surface area is 154 Å². The van der Waals surface area contributed by atoms with Crippen molar-refractivity contribution in [2.75, 3.05) is 29.5 Å². The van der Waals surface area contributed by atoms with E-state index in [1.165, 1.54) is 5.56 Å². The van der Waals surface area contributed by atoms with Gasteiger partial charge in [-0.25, -0.2) is 8.42 Å². The van der Waals surface area contributed by atoms with Gasteiger partial charge in [0.2, 0.25) is 5.91 Å². The van der Waals surface area contributed by atoms with Crippen molar-refractivity contribution < 1.29 is 13.2 Å². The quantitative estimate of drug-likeness (QED) is 0.823. The highest BCUT2D eigenvalue weighted by atomic mass is 32.2. The van der Waals surface area contributed by atoms with Gasteiger partial charge in [-0.2, -0.15) is 0 Å². The molecule has 0 aromatic heterocycles. The first-order chi connectivity index (χ1) is 12.5. The highest BCUT2D eigenvalue weighted by Crippen LogP contribution is 2.31. The van der Waals surface area contributed by atoms with Crippen LogP contribution in [0.5, 0.6) is 0 Å². The first kappa shape index (κ1) is 17.2. The molecule has 2 fully saturated rings. The molecule has 2 saturated heterocycles. The number of benzene rings is 2. The van der Waals surface area contributed by atoms with Crippen LogP contribution in [0.2, 0.25) is 0 Å². The summed E-state index contributed by atoms with van der Waals surface area (Å²) in [6, 6.07) is 19.0. The van der Waals surface area contributed by atoms with Gasteiger partial charge in [-0.15, -0.1) is 0 Å². The molecule has 1 amide bonds. The van der Waals surface area contributed by atoms with Crippen molar-refractivity contribution >= 4 is 21.4 Å². The maximum atomic E-state index is 12.9. The zero-order chi connectivity index (χ0) is 18.1. The van der Waals surface area contributed by atoms with E-state index < -0.39 is 9.84 Å². The lowest BCUT2D eigenvalue weighted by atomic mass is 10.0. The van der Waals surface area contributed by atoms with Crippen LogP contribution in [-0.2, 0) is 21.1 Å². The predicted octanol–water partition coefficient (Wildman–Crippen LogP) is 1.74. The van der Waals surface area contributed by atoms with Gasteiger partial charge in [0.1, 0.15) is 0 Å². The van der Waals surface area contributed by atoms with E-state index >= 15 is 0 Å². The van der Waals surface area contributed by atoms with Crippen LogP contribution in [0.15, 0.2) is 60.7 Å². The molecule has 26 heavy (non-hydrogen) atoms. The molecule has 0 aliphatic carbocycles. The topological polar surface area (TPSA) is 57.7 Å². The van der Waals surface area contributed by atoms with Crippen LogP contribution in [0.1, 0.15) is 5.56 Å². The maximum absolute atomic E-state index is 12.9. The van der Waals surface area contributed by atoms with Gasteiger partial charge in [-0.3, -0.25) is 9.69 Å². The fourth-order valence-electron chi connectivity index (χ4n) is 4.04. The summed E-state index contributed by atoms with van der Waals surface area (Å²) < 4.78 is 24.7. The lowest BCUT2D eigenvalue weighted by Gasteiger charge is -2.43. The molecule has 6 heteroatoms. The van der Waals surface area contributed by atoms with Gasteiger partial charge < -0.3 is 4.90 Å². The van der Waals surface area contributed by atoms with Gasteiger partial charge in [0.15, 0.2) is 9.84 Å². The van der Waals surface area contributed by atoms with Crippen molar-refractivity contribution in [3.05, 3.63) is 66.2 Å². The highest BCUT2D eigenvalue weighted by molar-refractivity contribution is 7.91. The molecular weight excluding hydrogens is 348 g/mol. The Kier molecular flexibility index (Phi) is 4.54. The van der Waals surface area contributed by atoms with E-state index in [9.17, 15) is 13.2 Å². The summed E-state index contributed by atoms with van der Waals surface area (Å²) in [7, 11) is -3.14. The fourth-order valence-corrected chi connectivity index (χ4v) is 6.03. The zero-order valence-electron chi connectivity index (χ0n) is 14.5. The lowest BCUT2D eigenvalue weighted by molar-refractivity contribution is -0.123. The standard InChI is InChI=1S/C20H22N2O3S/c23-20-13-21(12-11-16-7-3-1-4-8-16)18-14-26(24,25)15-19(18)22(20)17-9-5-2-6-10-17/h1-10,18-19H,11-15H2/t18-,19-/m0/s1. The Morgan fingerprint density at radius 3 is 2.19 bits per heavy atom. The molecule has 0 spiro atoms. The second-order valence-corrected chi connectivity index (χ2v) is 9.17. The van der Waals surface area contributed by atoms with Crippen molar-refractivity contribution in [1.82, 2.24) is 4.90 Å². The van der Waals surface area contributed by atoms with Crippen LogP contribution in [0, 0.1) is 0 Å². The SMILES string of the molecule is O=C1CN(CCc2ccccc2)[C@H]2CS(=O)(=O)C[C@@H]2N1c1ccccc1. The minimum absolute atomic E-state index is 0.0254. The average Bonchev–Trinajstić information content (AvgIpc) is 2.96. The summed E-state index contributed by atoms with van der Waals surface area (Å²) in [5.74, 6) is 0.144. The summed E-state index contributed by atoms with van der Waals surface area (Å²) in [6.45, 7) is 0.952. The van der Waals surface area contributed by atoms with Crippen LogP contribution >= 0.6 is 0 Å². The number of rotatable bonds is 4. The number of carbonyl (C=O) groups is 1. The van der Waals surface area contributed by atoms with E-state index in [1.807, 2.05) is 48.5 Å². The molecule has 136 valence electrons. The Hall–Kier alpha value is -2.18. The number of hydrogen-bond donors (Lipinski definition) is 0. The average molecular weight is 370 g/mol. The monoisotopic (exact) mass is 370 g/mol. The smallest absolute Gasteiger partial charge is 0.241 e. The van der Waals surface area contributed by atoms with Crippen LogP contribution in [-0.4, -0.2) is 55.9 Å². The first-order valence-corrected chi connectivity index (χ1v) is 10.7. The van der Waals surface area contributed by atoms with Crippen molar-refractivity contribution in [2.24, 2.45) is 0 Å². The molecule has 2 aromatic rings. The van der Waals surface area contributed by atoms with E-state index in [0.717, 1.165) is 12.1 Å². The third-order valence-electron chi connectivity index (χ3n) is 5.27. The van der Waals surface area contributed by atoms with Crippen molar-refractivity contribution in [3.63, 3.8) is 0 Å². The van der Waals surface area contributed by atoms with E-state index in [0.29, 0.717) is 6.54 Å². The van der Waals surface area contributed by atoms with Crippen LogP contribution in [0.4, 0.5) is 5.69 Å². The summed E-state index contributed by atoms with van der Waals surface area (Å²) >= 11 is 0. The third-order valence-corrected chi connectivity index (χ3v) is 6.96. The number of fused-ring (bicyclic) bond motifs is 1.